The molecule has 140 valence electrons. The van der Waals surface area contributed by atoms with Crippen molar-refractivity contribution < 1.29 is 9.18 Å². The van der Waals surface area contributed by atoms with Crippen LogP contribution in [0.15, 0.2) is 48.8 Å². The van der Waals surface area contributed by atoms with E-state index in [1.54, 1.807) is 18.3 Å². The highest BCUT2D eigenvalue weighted by molar-refractivity contribution is 5.90. The molecule has 3 atom stereocenters. The van der Waals surface area contributed by atoms with Gasteiger partial charge < -0.3 is 10.2 Å². The highest BCUT2D eigenvalue weighted by Crippen LogP contribution is 2.46. The van der Waals surface area contributed by atoms with Crippen molar-refractivity contribution in [3.05, 3.63) is 60.2 Å². The standard InChI is InChI=1S/C21H23FN4O/c22-16-4-1-5-17(11-16)24-21(27)26-13-18(15-3-2-8-23-12-15)20-19(26)14-6-9-25(20)10-7-14/h1-5,8,11-12,14,18-20H,6-7,9-10,13H2,(H,24,27). The van der Waals surface area contributed by atoms with Crippen LogP contribution in [-0.4, -0.2) is 52.5 Å². The molecule has 3 unspecified atom stereocenters. The molecule has 0 spiro atoms. The number of anilines is 1. The Balaban J connectivity index is 1.44. The molecule has 27 heavy (non-hydrogen) atoms. The molecule has 0 radical (unpaired) electrons. The summed E-state index contributed by atoms with van der Waals surface area (Å²) in [5, 5.41) is 2.90. The van der Waals surface area contributed by atoms with E-state index in [9.17, 15) is 9.18 Å². The van der Waals surface area contributed by atoms with Crippen LogP contribution >= 0.6 is 0 Å². The summed E-state index contributed by atoms with van der Waals surface area (Å²) in [6, 6.07) is 10.6. The zero-order valence-electron chi connectivity index (χ0n) is 15.1. The van der Waals surface area contributed by atoms with E-state index in [1.165, 1.54) is 17.7 Å². The molecule has 5 nitrogen and oxygen atoms in total. The molecule has 2 amide bonds. The van der Waals surface area contributed by atoms with Crippen molar-refractivity contribution in [2.45, 2.75) is 30.8 Å². The average Bonchev–Trinajstić information content (AvgIpc) is 3.13. The maximum Gasteiger partial charge on any atom is 0.322 e. The van der Waals surface area contributed by atoms with Gasteiger partial charge in [0.1, 0.15) is 5.82 Å². The van der Waals surface area contributed by atoms with Crippen molar-refractivity contribution in [2.75, 3.05) is 25.0 Å². The molecule has 0 saturated carbocycles. The van der Waals surface area contributed by atoms with Crippen molar-refractivity contribution >= 4 is 11.7 Å². The van der Waals surface area contributed by atoms with Crippen LogP contribution in [0.4, 0.5) is 14.9 Å². The van der Waals surface area contributed by atoms with E-state index in [4.69, 9.17) is 0 Å². The van der Waals surface area contributed by atoms with Crippen LogP contribution in [0.25, 0.3) is 0 Å². The molecule has 2 bridgehead atoms. The summed E-state index contributed by atoms with van der Waals surface area (Å²) in [7, 11) is 0. The van der Waals surface area contributed by atoms with Gasteiger partial charge in [-0.05, 0) is 61.7 Å². The van der Waals surface area contributed by atoms with Gasteiger partial charge in [-0.1, -0.05) is 12.1 Å². The maximum atomic E-state index is 13.5. The van der Waals surface area contributed by atoms with Crippen LogP contribution in [0.3, 0.4) is 0 Å². The number of likely N-dealkylation sites (tertiary alicyclic amines) is 1. The molecule has 0 aliphatic carbocycles. The molecule has 6 heteroatoms. The van der Waals surface area contributed by atoms with Gasteiger partial charge in [-0.3, -0.25) is 9.88 Å². The highest BCUT2D eigenvalue weighted by atomic mass is 19.1. The lowest BCUT2D eigenvalue weighted by molar-refractivity contribution is 0.00493. The van der Waals surface area contributed by atoms with Gasteiger partial charge in [-0.15, -0.1) is 0 Å². The first-order valence-corrected chi connectivity index (χ1v) is 9.68. The van der Waals surface area contributed by atoms with Gasteiger partial charge >= 0.3 is 6.03 Å². The van der Waals surface area contributed by atoms with Gasteiger partial charge in [-0.2, -0.15) is 0 Å². The Bertz CT molecular complexity index is 837. The number of carbonyl (C=O) groups is 1. The van der Waals surface area contributed by atoms with Gasteiger partial charge in [0.2, 0.25) is 0 Å². The fourth-order valence-corrected chi connectivity index (χ4v) is 5.30. The zero-order chi connectivity index (χ0) is 18.4. The normalized spacial score (nSPS) is 31.6. The van der Waals surface area contributed by atoms with Crippen LogP contribution in [0.2, 0.25) is 0 Å². The Hall–Kier alpha value is -2.47. The van der Waals surface area contributed by atoms with Crippen molar-refractivity contribution in [1.29, 1.82) is 0 Å². The number of amides is 2. The van der Waals surface area contributed by atoms with Crippen molar-refractivity contribution in [2.24, 2.45) is 5.92 Å². The molecule has 4 aliphatic rings. The van der Waals surface area contributed by atoms with Crippen molar-refractivity contribution in [3.63, 3.8) is 0 Å². The number of carbonyl (C=O) groups excluding carboxylic acids is 1. The first-order chi connectivity index (χ1) is 13.2. The van der Waals surface area contributed by atoms with Gasteiger partial charge in [0, 0.05) is 36.6 Å². The van der Waals surface area contributed by atoms with Gasteiger partial charge in [-0.25, -0.2) is 9.18 Å². The summed E-state index contributed by atoms with van der Waals surface area (Å²) in [5.74, 6) is 0.466. The van der Waals surface area contributed by atoms with E-state index < -0.39 is 0 Å². The molecular weight excluding hydrogens is 343 g/mol. The van der Waals surface area contributed by atoms with E-state index in [-0.39, 0.29) is 23.8 Å². The fraction of sp³-hybridized carbons (Fsp3) is 0.429. The molecule has 4 fully saturated rings. The Kier molecular flexibility index (Phi) is 4.08. The van der Waals surface area contributed by atoms with Crippen LogP contribution < -0.4 is 5.32 Å². The van der Waals surface area contributed by atoms with Crippen molar-refractivity contribution in [3.8, 4) is 0 Å². The summed E-state index contributed by atoms with van der Waals surface area (Å²) >= 11 is 0. The lowest BCUT2D eigenvalue weighted by Crippen LogP contribution is -2.61. The predicted molar refractivity (Wildman–Crippen MR) is 101 cm³/mol. The van der Waals surface area contributed by atoms with E-state index >= 15 is 0 Å². The summed E-state index contributed by atoms with van der Waals surface area (Å²) in [4.78, 5) is 21.9. The smallest absolute Gasteiger partial charge is 0.319 e. The number of rotatable bonds is 2. The number of benzene rings is 1. The third kappa shape index (κ3) is 2.88. The number of hydrogen-bond donors (Lipinski definition) is 1. The average molecular weight is 366 g/mol. The molecule has 4 saturated heterocycles. The molecule has 6 rings (SSSR count). The minimum Gasteiger partial charge on any atom is -0.319 e. The number of nitrogens with zero attached hydrogens (tertiary/aromatic N) is 3. The highest BCUT2D eigenvalue weighted by Gasteiger charge is 2.54. The molecule has 1 aromatic carbocycles. The largest absolute Gasteiger partial charge is 0.322 e. The summed E-state index contributed by atoms with van der Waals surface area (Å²) in [6.07, 6.45) is 6.01. The van der Waals surface area contributed by atoms with Gasteiger partial charge in [0.05, 0.1) is 6.04 Å². The van der Waals surface area contributed by atoms with Crippen LogP contribution in [0.5, 0.6) is 0 Å². The molecule has 5 heterocycles. The number of hydrogen-bond acceptors (Lipinski definition) is 3. The van der Waals surface area contributed by atoms with Crippen LogP contribution in [0, 0.1) is 11.7 Å². The quantitative estimate of drug-likeness (QED) is 0.887. The summed E-state index contributed by atoms with van der Waals surface area (Å²) < 4.78 is 13.5. The van der Waals surface area contributed by atoms with E-state index in [2.05, 4.69) is 21.3 Å². The number of fused-ring (bicyclic) bond motifs is 2. The maximum absolute atomic E-state index is 13.5. The number of urea groups is 1. The summed E-state index contributed by atoms with van der Waals surface area (Å²) in [6.45, 7) is 2.90. The SMILES string of the molecule is O=C(Nc1cccc(F)c1)N1CC(c2cccnc2)C2C1C1CCN2CC1. The Morgan fingerprint density at radius 1 is 1.15 bits per heavy atom. The van der Waals surface area contributed by atoms with Crippen molar-refractivity contribution in [1.82, 2.24) is 14.8 Å². The first-order valence-electron chi connectivity index (χ1n) is 9.68. The third-order valence-electron chi connectivity index (χ3n) is 6.44. The van der Waals surface area contributed by atoms with E-state index in [0.717, 1.165) is 25.9 Å². The summed E-state index contributed by atoms with van der Waals surface area (Å²) in [5.41, 5.74) is 1.70. The fourth-order valence-electron chi connectivity index (χ4n) is 5.30. The minimum atomic E-state index is -0.344. The van der Waals surface area contributed by atoms with Gasteiger partial charge in [0.15, 0.2) is 0 Å². The van der Waals surface area contributed by atoms with Crippen LogP contribution in [-0.2, 0) is 0 Å². The second-order valence-electron chi connectivity index (χ2n) is 7.84. The number of halogens is 1. The number of nitrogens with one attached hydrogen (secondary N) is 1. The lowest BCUT2D eigenvalue weighted by atomic mass is 9.75. The first kappa shape index (κ1) is 16.7. The monoisotopic (exact) mass is 366 g/mol. The Labute approximate surface area is 158 Å². The number of piperidine rings is 3. The van der Waals surface area contributed by atoms with E-state index in [1.807, 2.05) is 17.2 Å². The molecule has 2 aromatic rings. The molecule has 1 N–H and O–H groups in total. The predicted octanol–water partition coefficient (Wildman–Crippen LogP) is 3.31. The lowest BCUT2D eigenvalue weighted by Gasteiger charge is -2.51. The minimum absolute atomic E-state index is 0.129. The molecule has 4 aliphatic heterocycles. The second kappa shape index (κ2) is 6.60. The van der Waals surface area contributed by atoms with Crippen LogP contribution in [0.1, 0.15) is 24.3 Å². The van der Waals surface area contributed by atoms with E-state index in [0.29, 0.717) is 24.2 Å². The Morgan fingerprint density at radius 3 is 2.74 bits per heavy atom. The van der Waals surface area contributed by atoms with Gasteiger partial charge in [0.25, 0.3) is 0 Å². The topological polar surface area (TPSA) is 48.5 Å². The Morgan fingerprint density at radius 2 is 2.00 bits per heavy atom. The molecular formula is C21H23FN4O. The number of aromatic nitrogens is 1. The zero-order valence-corrected chi connectivity index (χ0v) is 15.1. The molecule has 1 aromatic heterocycles. The second-order valence-corrected chi connectivity index (χ2v) is 7.84. The third-order valence-corrected chi connectivity index (χ3v) is 6.44. The number of pyridine rings is 1.